The standard InChI is InChI=1S/C17H30N2O2S/c1-4-5-10-13(15(18)20)14(11-12-8-6-7-9-12)16(21)19-17(2,3)22/h4,12-14,22H,1,5-11H2,2-3H3,(H2,18,20)(H,19,21)/t13-,14?/m0/s1. The number of amides is 2. The maximum absolute atomic E-state index is 12.7. The number of thiol groups is 1. The summed E-state index contributed by atoms with van der Waals surface area (Å²) in [5.74, 6) is -0.789. The van der Waals surface area contributed by atoms with Crippen molar-refractivity contribution in [3.05, 3.63) is 12.7 Å². The molecule has 0 saturated heterocycles. The zero-order valence-electron chi connectivity index (χ0n) is 13.8. The first-order valence-electron chi connectivity index (χ1n) is 8.19. The van der Waals surface area contributed by atoms with Crippen LogP contribution < -0.4 is 11.1 Å². The van der Waals surface area contributed by atoms with Crippen LogP contribution in [-0.2, 0) is 9.59 Å². The lowest BCUT2D eigenvalue weighted by atomic mass is 9.80. The Kier molecular flexibility index (Phi) is 7.46. The minimum Gasteiger partial charge on any atom is -0.369 e. The number of carbonyl (C=O) groups is 2. The Morgan fingerprint density at radius 3 is 2.41 bits per heavy atom. The van der Waals surface area contributed by atoms with Gasteiger partial charge in [-0.25, -0.2) is 0 Å². The first kappa shape index (κ1) is 19.1. The van der Waals surface area contributed by atoms with E-state index < -0.39 is 16.7 Å². The van der Waals surface area contributed by atoms with E-state index >= 15 is 0 Å². The van der Waals surface area contributed by atoms with E-state index in [-0.39, 0.29) is 11.8 Å². The van der Waals surface area contributed by atoms with E-state index in [2.05, 4.69) is 24.5 Å². The molecule has 0 aromatic heterocycles. The summed E-state index contributed by atoms with van der Waals surface area (Å²) in [5.41, 5.74) is 5.58. The van der Waals surface area contributed by atoms with E-state index in [9.17, 15) is 9.59 Å². The van der Waals surface area contributed by atoms with E-state index in [1.807, 2.05) is 13.8 Å². The maximum Gasteiger partial charge on any atom is 0.224 e. The van der Waals surface area contributed by atoms with Crippen LogP contribution >= 0.6 is 12.6 Å². The molecule has 22 heavy (non-hydrogen) atoms. The van der Waals surface area contributed by atoms with Gasteiger partial charge in [0.2, 0.25) is 11.8 Å². The molecule has 2 amide bonds. The molecular formula is C17H30N2O2S. The van der Waals surface area contributed by atoms with Crippen LogP contribution in [0.5, 0.6) is 0 Å². The Balaban J connectivity index is 2.88. The lowest BCUT2D eigenvalue weighted by Gasteiger charge is -2.29. The predicted octanol–water partition coefficient (Wildman–Crippen LogP) is 3.03. The fourth-order valence-electron chi connectivity index (χ4n) is 3.29. The molecule has 5 heteroatoms. The molecule has 0 aromatic rings. The number of hydrogen-bond donors (Lipinski definition) is 3. The first-order chi connectivity index (χ1) is 10.2. The SMILES string of the molecule is C=CCC[C@H](C(N)=O)C(CC1CCCC1)C(=O)NC(C)(C)S. The molecule has 0 aromatic carbocycles. The summed E-state index contributed by atoms with van der Waals surface area (Å²) in [6, 6.07) is 0. The molecule has 3 N–H and O–H groups in total. The van der Waals surface area contributed by atoms with Crippen LogP contribution in [0.25, 0.3) is 0 Å². The molecular weight excluding hydrogens is 296 g/mol. The van der Waals surface area contributed by atoms with Gasteiger partial charge in [-0.1, -0.05) is 31.8 Å². The Morgan fingerprint density at radius 2 is 1.95 bits per heavy atom. The molecule has 1 saturated carbocycles. The van der Waals surface area contributed by atoms with Gasteiger partial charge in [0, 0.05) is 11.8 Å². The predicted molar refractivity (Wildman–Crippen MR) is 93.4 cm³/mol. The van der Waals surface area contributed by atoms with Crippen LogP contribution in [0.3, 0.4) is 0 Å². The highest BCUT2D eigenvalue weighted by molar-refractivity contribution is 7.81. The van der Waals surface area contributed by atoms with Crippen molar-refractivity contribution < 1.29 is 9.59 Å². The lowest BCUT2D eigenvalue weighted by molar-refractivity contribution is -0.134. The number of nitrogens with two attached hydrogens (primary N) is 1. The van der Waals surface area contributed by atoms with E-state index in [1.54, 1.807) is 6.08 Å². The van der Waals surface area contributed by atoms with Crippen LogP contribution in [0.2, 0.25) is 0 Å². The third kappa shape index (κ3) is 6.42. The largest absolute Gasteiger partial charge is 0.369 e. The highest BCUT2D eigenvalue weighted by atomic mass is 32.1. The monoisotopic (exact) mass is 326 g/mol. The van der Waals surface area contributed by atoms with Crippen molar-refractivity contribution in [2.24, 2.45) is 23.5 Å². The summed E-state index contributed by atoms with van der Waals surface area (Å²) in [5, 5.41) is 2.90. The van der Waals surface area contributed by atoms with Crippen molar-refractivity contribution >= 4 is 24.4 Å². The summed E-state index contributed by atoms with van der Waals surface area (Å²) in [6.45, 7) is 7.34. The van der Waals surface area contributed by atoms with E-state index in [0.29, 0.717) is 18.8 Å². The molecule has 0 radical (unpaired) electrons. The molecule has 0 heterocycles. The molecule has 0 spiro atoms. The van der Waals surface area contributed by atoms with Gasteiger partial charge in [0.25, 0.3) is 0 Å². The summed E-state index contributed by atoms with van der Waals surface area (Å²) in [7, 11) is 0. The molecule has 1 fully saturated rings. The van der Waals surface area contributed by atoms with Crippen LogP contribution in [-0.4, -0.2) is 16.7 Å². The van der Waals surface area contributed by atoms with E-state index in [0.717, 1.165) is 19.3 Å². The van der Waals surface area contributed by atoms with Crippen LogP contribution in [0.15, 0.2) is 12.7 Å². The van der Waals surface area contributed by atoms with Crippen molar-refractivity contribution in [2.45, 2.75) is 63.7 Å². The second-order valence-corrected chi connectivity index (χ2v) is 8.03. The van der Waals surface area contributed by atoms with Crippen molar-refractivity contribution in [3.63, 3.8) is 0 Å². The second kappa shape index (κ2) is 8.61. The van der Waals surface area contributed by atoms with Gasteiger partial charge in [0.15, 0.2) is 0 Å². The third-order valence-corrected chi connectivity index (χ3v) is 4.47. The Hall–Kier alpha value is -0.970. The fraction of sp³-hybridized carbons (Fsp3) is 0.765. The average Bonchev–Trinajstić information content (AvgIpc) is 2.88. The molecule has 1 aliphatic rings. The number of hydrogen-bond acceptors (Lipinski definition) is 3. The van der Waals surface area contributed by atoms with Gasteiger partial charge in [-0.2, -0.15) is 12.6 Å². The van der Waals surface area contributed by atoms with Crippen molar-refractivity contribution in [2.75, 3.05) is 0 Å². The van der Waals surface area contributed by atoms with Gasteiger partial charge in [-0.15, -0.1) is 6.58 Å². The second-order valence-electron chi connectivity index (χ2n) is 6.92. The molecule has 0 aliphatic heterocycles. The Bertz CT molecular complexity index is 398. The van der Waals surface area contributed by atoms with Gasteiger partial charge in [-0.3, -0.25) is 9.59 Å². The number of carbonyl (C=O) groups excluding carboxylic acids is 2. The Morgan fingerprint density at radius 1 is 1.36 bits per heavy atom. The smallest absolute Gasteiger partial charge is 0.224 e. The molecule has 1 rings (SSSR count). The molecule has 1 unspecified atom stereocenters. The van der Waals surface area contributed by atoms with E-state index in [1.165, 1.54) is 12.8 Å². The van der Waals surface area contributed by atoms with Crippen molar-refractivity contribution in [1.82, 2.24) is 5.32 Å². The minimum absolute atomic E-state index is 0.111. The number of rotatable bonds is 9. The van der Waals surface area contributed by atoms with Gasteiger partial charge in [-0.05, 0) is 39.0 Å². The summed E-state index contributed by atoms with van der Waals surface area (Å²) >= 11 is 4.36. The quantitative estimate of drug-likeness (QED) is 0.346. The fourth-order valence-corrected chi connectivity index (χ4v) is 3.40. The highest BCUT2D eigenvalue weighted by Gasteiger charge is 2.35. The van der Waals surface area contributed by atoms with E-state index in [4.69, 9.17) is 5.73 Å². The van der Waals surface area contributed by atoms with Crippen molar-refractivity contribution in [3.8, 4) is 0 Å². The van der Waals surface area contributed by atoms with Crippen LogP contribution in [0.1, 0.15) is 58.8 Å². The zero-order valence-corrected chi connectivity index (χ0v) is 14.7. The highest BCUT2D eigenvalue weighted by Crippen LogP contribution is 2.34. The molecule has 126 valence electrons. The summed E-state index contributed by atoms with van der Waals surface area (Å²) < 4.78 is 0. The number of nitrogens with one attached hydrogen (secondary N) is 1. The first-order valence-corrected chi connectivity index (χ1v) is 8.64. The van der Waals surface area contributed by atoms with Gasteiger partial charge in [0.05, 0.1) is 4.87 Å². The molecule has 0 bridgehead atoms. The topological polar surface area (TPSA) is 72.2 Å². The third-order valence-electron chi connectivity index (χ3n) is 4.36. The number of allylic oxidation sites excluding steroid dienone is 1. The molecule has 1 aliphatic carbocycles. The van der Waals surface area contributed by atoms with Crippen LogP contribution in [0.4, 0.5) is 0 Å². The minimum atomic E-state index is -0.606. The molecule has 4 nitrogen and oxygen atoms in total. The summed E-state index contributed by atoms with van der Waals surface area (Å²) in [6.07, 6.45) is 8.48. The lowest BCUT2D eigenvalue weighted by Crippen LogP contribution is -2.47. The Labute approximate surface area is 139 Å². The van der Waals surface area contributed by atoms with Crippen LogP contribution in [0, 0.1) is 17.8 Å². The average molecular weight is 327 g/mol. The number of primary amides is 1. The van der Waals surface area contributed by atoms with Gasteiger partial charge < -0.3 is 11.1 Å². The van der Waals surface area contributed by atoms with Gasteiger partial charge >= 0.3 is 0 Å². The van der Waals surface area contributed by atoms with Gasteiger partial charge in [0.1, 0.15) is 0 Å². The summed E-state index contributed by atoms with van der Waals surface area (Å²) in [4.78, 5) is 23.9. The zero-order chi connectivity index (χ0) is 16.8. The van der Waals surface area contributed by atoms with Crippen molar-refractivity contribution in [1.29, 1.82) is 0 Å². The molecule has 2 atom stereocenters. The normalized spacial score (nSPS) is 18.7. The maximum atomic E-state index is 12.7.